The van der Waals surface area contributed by atoms with Gasteiger partial charge in [-0.05, 0) is 54.7 Å². The van der Waals surface area contributed by atoms with Gasteiger partial charge in [-0.15, -0.1) is 0 Å². The van der Waals surface area contributed by atoms with Crippen LogP contribution in [0.4, 0.5) is 5.82 Å². The Kier molecular flexibility index (Phi) is 8.81. The molecule has 1 amide bonds. The summed E-state index contributed by atoms with van der Waals surface area (Å²) in [6, 6.07) is 22.8. The summed E-state index contributed by atoms with van der Waals surface area (Å²) >= 11 is 0. The highest BCUT2D eigenvalue weighted by Crippen LogP contribution is 2.33. The van der Waals surface area contributed by atoms with Gasteiger partial charge in [-0.3, -0.25) is 4.79 Å². The van der Waals surface area contributed by atoms with Gasteiger partial charge in [-0.25, -0.2) is 9.97 Å². The Hall–Kier alpha value is -4.01. The SMILES string of the molecule is Cc1ccc2c(N3CCN(C(=O)C(O)CC(C)C)C(COCc4ccccc4)C3)nc(-c3ccccc3O)nc2c1. The minimum absolute atomic E-state index is 0.118. The van der Waals surface area contributed by atoms with Crippen LogP contribution in [-0.2, 0) is 16.1 Å². The maximum Gasteiger partial charge on any atom is 0.251 e. The molecule has 5 rings (SSSR count). The first kappa shape index (κ1) is 28.5. The summed E-state index contributed by atoms with van der Waals surface area (Å²) in [4.78, 5) is 27.1. The lowest BCUT2D eigenvalue weighted by Gasteiger charge is -2.43. The molecule has 1 fully saturated rings. The van der Waals surface area contributed by atoms with Crippen LogP contribution in [0.5, 0.6) is 5.75 Å². The van der Waals surface area contributed by atoms with Crippen molar-refractivity contribution in [1.82, 2.24) is 14.9 Å². The van der Waals surface area contributed by atoms with Gasteiger partial charge in [0.05, 0.1) is 30.3 Å². The number of rotatable bonds is 9. The lowest BCUT2D eigenvalue weighted by molar-refractivity contribution is -0.145. The largest absolute Gasteiger partial charge is 0.507 e. The van der Waals surface area contributed by atoms with E-state index in [0.717, 1.165) is 27.8 Å². The molecule has 0 bridgehead atoms. The Morgan fingerprint density at radius 3 is 2.54 bits per heavy atom. The Morgan fingerprint density at radius 2 is 1.78 bits per heavy atom. The molecule has 2 heterocycles. The van der Waals surface area contributed by atoms with Gasteiger partial charge in [0.15, 0.2) is 5.82 Å². The molecule has 1 aliphatic heterocycles. The number of carbonyl (C=O) groups is 1. The first-order valence-electron chi connectivity index (χ1n) is 14.2. The molecule has 1 aromatic heterocycles. The normalized spacial score (nSPS) is 16.4. The third kappa shape index (κ3) is 6.66. The van der Waals surface area contributed by atoms with Crippen molar-refractivity contribution in [3.05, 3.63) is 83.9 Å². The van der Waals surface area contributed by atoms with Gasteiger partial charge < -0.3 is 24.7 Å². The number of amides is 1. The number of aliphatic hydroxyl groups excluding tert-OH is 1. The van der Waals surface area contributed by atoms with Crippen LogP contribution in [0.25, 0.3) is 22.3 Å². The second-order valence-corrected chi connectivity index (χ2v) is 11.2. The smallest absolute Gasteiger partial charge is 0.251 e. The van der Waals surface area contributed by atoms with E-state index in [-0.39, 0.29) is 23.6 Å². The van der Waals surface area contributed by atoms with E-state index in [0.29, 0.717) is 50.7 Å². The van der Waals surface area contributed by atoms with Crippen LogP contribution in [0.1, 0.15) is 31.4 Å². The zero-order valence-electron chi connectivity index (χ0n) is 23.9. The minimum atomic E-state index is -1.05. The zero-order chi connectivity index (χ0) is 28.9. The number of fused-ring (bicyclic) bond motifs is 1. The molecular weight excluding hydrogens is 516 g/mol. The molecule has 214 valence electrons. The summed E-state index contributed by atoms with van der Waals surface area (Å²) in [5, 5.41) is 22.2. The fraction of sp³-hybridized carbons (Fsp3) is 0.364. The van der Waals surface area contributed by atoms with Gasteiger partial charge in [0.2, 0.25) is 0 Å². The number of aryl methyl sites for hydroxylation is 1. The quantitative estimate of drug-likeness (QED) is 0.302. The summed E-state index contributed by atoms with van der Waals surface area (Å²) < 4.78 is 6.13. The molecule has 3 aromatic carbocycles. The highest BCUT2D eigenvalue weighted by Gasteiger charge is 2.35. The molecule has 1 saturated heterocycles. The van der Waals surface area contributed by atoms with E-state index < -0.39 is 6.10 Å². The molecule has 8 nitrogen and oxygen atoms in total. The summed E-state index contributed by atoms with van der Waals surface area (Å²) in [5.74, 6) is 1.25. The van der Waals surface area contributed by atoms with Crippen LogP contribution in [0.3, 0.4) is 0 Å². The molecule has 0 spiro atoms. The number of phenolic OH excluding ortho intramolecular Hbond substituents is 1. The second kappa shape index (κ2) is 12.7. The number of benzene rings is 3. The van der Waals surface area contributed by atoms with Crippen molar-refractivity contribution in [3.8, 4) is 17.1 Å². The van der Waals surface area contributed by atoms with Crippen molar-refractivity contribution in [2.24, 2.45) is 5.92 Å². The molecule has 41 heavy (non-hydrogen) atoms. The standard InChI is InChI=1S/C33H38N4O4/c1-22(2)17-30(39)33(40)37-16-15-36(19-25(37)21-41-20-24-9-5-4-6-10-24)32-26-14-13-23(3)18-28(26)34-31(35-32)27-11-7-8-12-29(27)38/h4-14,18,22,25,30,38-39H,15-17,19-21H2,1-3H3. The third-order valence-corrected chi connectivity index (χ3v) is 7.44. The number of aromatic nitrogens is 2. The molecule has 2 atom stereocenters. The molecule has 2 unspecified atom stereocenters. The molecule has 0 aliphatic carbocycles. The maximum atomic E-state index is 13.4. The van der Waals surface area contributed by atoms with Crippen molar-refractivity contribution in [2.45, 2.75) is 45.9 Å². The van der Waals surface area contributed by atoms with Gasteiger partial charge in [-0.2, -0.15) is 0 Å². The Bertz CT molecular complexity index is 1490. The number of carbonyl (C=O) groups excluding carboxylic acids is 1. The molecule has 2 N–H and O–H groups in total. The van der Waals surface area contributed by atoms with Gasteiger partial charge >= 0.3 is 0 Å². The number of nitrogens with zero attached hydrogens (tertiary/aromatic N) is 4. The number of ether oxygens (including phenoxy) is 1. The summed E-state index contributed by atoms with van der Waals surface area (Å²) in [7, 11) is 0. The minimum Gasteiger partial charge on any atom is -0.507 e. The number of aliphatic hydroxyl groups is 1. The molecule has 1 aliphatic rings. The van der Waals surface area contributed by atoms with Crippen molar-refractivity contribution in [1.29, 1.82) is 0 Å². The predicted octanol–water partition coefficient (Wildman–Crippen LogP) is 4.95. The van der Waals surface area contributed by atoms with Crippen LogP contribution in [-0.4, -0.2) is 69.4 Å². The van der Waals surface area contributed by atoms with E-state index in [4.69, 9.17) is 14.7 Å². The number of aromatic hydroxyl groups is 1. The van der Waals surface area contributed by atoms with E-state index in [2.05, 4.69) is 4.90 Å². The van der Waals surface area contributed by atoms with Gasteiger partial charge in [0, 0.05) is 25.0 Å². The molecule has 0 radical (unpaired) electrons. The monoisotopic (exact) mass is 554 g/mol. The fourth-order valence-electron chi connectivity index (χ4n) is 5.35. The van der Waals surface area contributed by atoms with Gasteiger partial charge in [0.25, 0.3) is 5.91 Å². The Morgan fingerprint density at radius 1 is 1.02 bits per heavy atom. The molecule has 4 aromatic rings. The fourth-order valence-corrected chi connectivity index (χ4v) is 5.35. The third-order valence-electron chi connectivity index (χ3n) is 7.44. The van der Waals surface area contributed by atoms with Crippen LogP contribution in [0.2, 0.25) is 0 Å². The van der Waals surface area contributed by atoms with Crippen molar-refractivity contribution in [2.75, 3.05) is 31.1 Å². The van der Waals surface area contributed by atoms with Crippen molar-refractivity contribution in [3.63, 3.8) is 0 Å². The van der Waals surface area contributed by atoms with E-state index in [1.165, 1.54) is 0 Å². The zero-order valence-corrected chi connectivity index (χ0v) is 23.9. The van der Waals surface area contributed by atoms with Gasteiger partial charge in [0.1, 0.15) is 17.7 Å². The molecular formula is C33H38N4O4. The van der Waals surface area contributed by atoms with E-state index in [9.17, 15) is 15.0 Å². The number of piperazine rings is 1. The summed E-state index contributed by atoms with van der Waals surface area (Å²) in [6.45, 7) is 8.22. The highest BCUT2D eigenvalue weighted by molar-refractivity contribution is 5.92. The number of phenols is 1. The number of hydrogen-bond acceptors (Lipinski definition) is 7. The van der Waals surface area contributed by atoms with Crippen molar-refractivity contribution >= 4 is 22.6 Å². The van der Waals surface area contributed by atoms with E-state index in [1.807, 2.05) is 81.4 Å². The first-order valence-corrected chi connectivity index (χ1v) is 14.2. The second-order valence-electron chi connectivity index (χ2n) is 11.2. The van der Waals surface area contributed by atoms with E-state index >= 15 is 0 Å². The Balaban J connectivity index is 1.47. The molecule has 0 saturated carbocycles. The van der Waals surface area contributed by atoms with Crippen LogP contribution < -0.4 is 4.90 Å². The topological polar surface area (TPSA) is 99.0 Å². The van der Waals surface area contributed by atoms with Crippen LogP contribution >= 0.6 is 0 Å². The lowest BCUT2D eigenvalue weighted by atomic mass is 10.0. The first-order chi connectivity index (χ1) is 19.8. The summed E-state index contributed by atoms with van der Waals surface area (Å²) in [6.07, 6.45) is -0.634. The maximum absolute atomic E-state index is 13.4. The van der Waals surface area contributed by atoms with Gasteiger partial charge in [-0.1, -0.05) is 62.4 Å². The average Bonchev–Trinajstić information content (AvgIpc) is 2.96. The highest BCUT2D eigenvalue weighted by atomic mass is 16.5. The number of hydrogen-bond donors (Lipinski definition) is 2. The average molecular weight is 555 g/mol. The van der Waals surface area contributed by atoms with Crippen LogP contribution in [0.15, 0.2) is 72.8 Å². The lowest BCUT2D eigenvalue weighted by Crippen LogP contribution is -2.59. The molecule has 8 heteroatoms. The van der Waals surface area contributed by atoms with Crippen LogP contribution in [0, 0.1) is 12.8 Å². The predicted molar refractivity (Wildman–Crippen MR) is 161 cm³/mol. The number of anilines is 1. The van der Waals surface area contributed by atoms with Crippen molar-refractivity contribution < 1.29 is 19.7 Å². The summed E-state index contributed by atoms with van der Waals surface area (Å²) in [5.41, 5.74) is 3.48. The van der Waals surface area contributed by atoms with E-state index in [1.54, 1.807) is 17.0 Å². The Labute approximate surface area is 241 Å². The number of para-hydroxylation sites is 1.